The highest BCUT2D eigenvalue weighted by molar-refractivity contribution is 5.95. The van der Waals surface area contributed by atoms with Gasteiger partial charge in [-0.25, -0.2) is 0 Å². The second-order valence-corrected chi connectivity index (χ2v) is 6.33. The third kappa shape index (κ3) is 4.56. The molecule has 1 aliphatic heterocycles. The van der Waals surface area contributed by atoms with Crippen molar-refractivity contribution in [2.75, 3.05) is 38.7 Å². The predicted octanol–water partition coefficient (Wildman–Crippen LogP) is 3.80. The van der Waals surface area contributed by atoms with Crippen molar-refractivity contribution < 1.29 is 27.4 Å². The molecule has 1 aliphatic rings. The lowest BCUT2D eigenvalue weighted by atomic mass is 10.1. The van der Waals surface area contributed by atoms with Crippen LogP contribution in [-0.4, -0.2) is 44.2 Å². The number of alkyl halides is 3. The van der Waals surface area contributed by atoms with Gasteiger partial charge in [0, 0.05) is 25.2 Å². The van der Waals surface area contributed by atoms with Gasteiger partial charge in [-0.3, -0.25) is 4.79 Å². The number of halogens is 3. The number of nitrogens with one attached hydrogen (secondary N) is 1. The molecule has 0 aromatic heterocycles. The Morgan fingerprint density at radius 3 is 2.57 bits per heavy atom. The van der Waals surface area contributed by atoms with Crippen LogP contribution in [-0.2, 0) is 17.5 Å². The van der Waals surface area contributed by atoms with E-state index in [9.17, 15) is 18.0 Å². The molecular formula is C20H21F3N2O3. The third-order valence-electron chi connectivity index (χ3n) is 4.54. The monoisotopic (exact) mass is 394 g/mol. The molecular weight excluding hydrogens is 373 g/mol. The van der Waals surface area contributed by atoms with Crippen LogP contribution in [0.4, 0.5) is 18.9 Å². The number of carbonyl (C=O) groups excluding carboxylic acids is 1. The maximum absolute atomic E-state index is 13.2. The van der Waals surface area contributed by atoms with Crippen molar-refractivity contribution in [2.45, 2.75) is 12.7 Å². The molecule has 1 N–H and O–H groups in total. The summed E-state index contributed by atoms with van der Waals surface area (Å²) in [7, 11) is 1.47. The number of amides is 1. The Morgan fingerprint density at radius 1 is 1.18 bits per heavy atom. The van der Waals surface area contributed by atoms with Crippen molar-refractivity contribution in [1.29, 1.82) is 0 Å². The molecule has 2 aromatic carbocycles. The minimum absolute atomic E-state index is 0.0543. The highest BCUT2D eigenvalue weighted by atomic mass is 19.4. The molecule has 8 heteroatoms. The quantitative estimate of drug-likeness (QED) is 0.838. The molecule has 5 nitrogen and oxygen atoms in total. The minimum Gasteiger partial charge on any atom is -0.495 e. The average Bonchev–Trinajstić information content (AvgIpc) is 2.71. The molecule has 0 atom stereocenters. The van der Waals surface area contributed by atoms with Gasteiger partial charge in [0.15, 0.2) is 0 Å². The lowest BCUT2D eigenvalue weighted by molar-refractivity contribution is -0.138. The van der Waals surface area contributed by atoms with Gasteiger partial charge in [0.2, 0.25) is 0 Å². The smallest absolute Gasteiger partial charge is 0.416 e. The van der Waals surface area contributed by atoms with E-state index in [1.54, 1.807) is 29.2 Å². The molecule has 1 heterocycles. The van der Waals surface area contributed by atoms with Crippen LogP contribution >= 0.6 is 0 Å². The third-order valence-corrected chi connectivity index (χ3v) is 4.54. The summed E-state index contributed by atoms with van der Waals surface area (Å²) in [6.07, 6.45) is -4.43. The van der Waals surface area contributed by atoms with E-state index in [2.05, 4.69) is 5.32 Å². The van der Waals surface area contributed by atoms with Crippen LogP contribution in [0.25, 0.3) is 0 Å². The van der Waals surface area contributed by atoms with E-state index in [4.69, 9.17) is 9.47 Å². The molecule has 1 saturated heterocycles. The summed E-state index contributed by atoms with van der Waals surface area (Å²) < 4.78 is 50.1. The molecule has 0 saturated carbocycles. The number of nitrogens with zero attached hydrogens (tertiary/aromatic N) is 1. The van der Waals surface area contributed by atoms with E-state index in [1.165, 1.54) is 19.2 Å². The van der Waals surface area contributed by atoms with Crippen molar-refractivity contribution in [3.63, 3.8) is 0 Å². The molecule has 0 spiro atoms. The molecule has 0 bridgehead atoms. The molecule has 0 unspecified atom stereocenters. The molecule has 3 rings (SSSR count). The fraction of sp³-hybridized carbons (Fsp3) is 0.350. The van der Waals surface area contributed by atoms with Gasteiger partial charge in [0.25, 0.3) is 5.91 Å². The maximum Gasteiger partial charge on any atom is 0.416 e. The van der Waals surface area contributed by atoms with Crippen LogP contribution in [0.3, 0.4) is 0 Å². The van der Waals surface area contributed by atoms with E-state index in [0.717, 1.165) is 6.07 Å². The van der Waals surface area contributed by atoms with Gasteiger partial charge in [0.1, 0.15) is 5.75 Å². The van der Waals surface area contributed by atoms with E-state index < -0.39 is 11.7 Å². The Balaban J connectivity index is 1.81. The van der Waals surface area contributed by atoms with Gasteiger partial charge in [-0.05, 0) is 29.8 Å². The fourth-order valence-corrected chi connectivity index (χ4v) is 3.07. The predicted molar refractivity (Wildman–Crippen MR) is 98.5 cm³/mol. The highest BCUT2D eigenvalue weighted by Crippen LogP contribution is 2.33. The van der Waals surface area contributed by atoms with E-state index in [1.807, 2.05) is 0 Å². The molecule has 28 heavy (non-hydrogen) atoms. The van der Waals surface area contributed by atoms with Gasteiger partial charge in [0.05, 0.1) is 31.6 Å². The number of benzene rings is 2. The first-order valence-electron chi connectivity index (χ1n) is 8.84. The van der Waals surface area contributed by atoms with Crippen LogP contribution in [0.15, 0.2) is 42.5 Å². The Labute approximate surface area is 161 Å². The second kappa shape index (κ2) is 8.52. The zero-order valence-electron chi connectivity index (χ0n) is 15.4. The summed E-state index contributed by atoms with van der Waals surface area (Å²) in [6, 6.07) is 10.3. The standard InChI is InChI=1S/C20H21F3N2O3/c1-27-18-7-6-14(19(26)25-8-10-28-11-9-25)12-17(18)24-13-15-4-2-3-5-16(15)20(21,22)23/h2-7,12,24H,8-11,13H2,1H3. The summed E-state index contributed by atoms with van der Waals surface area (Å²) in [6.45, 7) is 1.93. The topological polar surface area (TPSA) is 50.8 Å². The van der Waals surface area contributed by atoms with Gasteiger partial charge in [-0.15, -0.1) is 0 Å². The van der Waals surface area contributed by atoms with Crippen LogP contribution in [0.5, 0.6) is 5.75 Å². The van der Waals surface area contributed by atoms with Crippen molar-refractivity contribution in [1.82, 2.24) is 4.90 Å². The van der Waals surface area contributed by atoms with Crippen LogP contribution in [0.2, 0.25) is 0 Å². The van der Waals surface area contributed by atoms with Crippen molar-refractivity contribution >= 4 is 11.6 Å². The number of morpholine rings is 1. The van der Waals surface area contributed by atoms with E-state index >= 15 is 0 Å². The summed E-state index contributed by atoms with van der Waals surface area (Å²) >= 11 is 0. The molecule has 150 valence electrons. The van der Waals surface area contributed by atoms with Crippen LogP contribution in [0, 0.1) is 0 Å². The Bertz CT molecular complexity index is 834. The number of ether oxygens (including phenoxy) is 2. The zero-order valence-corrected chi connectivity index (χ0v) is 15.4. The van der Waals surface area contributed by atoms with Crippen molar-refractivity contribution in [2.24, 2.45) is 0 Å². The number of rotatable bonds is 5. The van der Waals surface area contributed by atoms with Gasteiger partial charge in [-0.2, -0.15) is 13.2 Å². The number of anilines is 1. The number of hydrogen-bond acceptors (Lipinski definition) is 4. The van der Waals surface area contributed by atoms with Gasteiger partial charge in [-0.1, -0.05) is 18.2 Å². The van der Waals surface area contributed by atoms with Crippen molar-refractivity contribution in [3.05, 3.63) is 59.2 Å². The first-order valence-corrected chi connectivity index (χ1v) is 8.84. The Hall–Kier alpha value is -2.74. The van der Waals surface area contributed by atoms with E-state index in [0.29, 0.717) is 43.3 Å². The number of carbonyl (C=O) groups is 1. The molecule has 1 amide bonds. The normalized spacial score (nSPS) is 14.6. The van der Waals surface area contributed by atoms with Crippen LogP contribution in [0.1, 0.15) is 21.5 Å². The summed E-state index contributed by atoms with van der Waals surface area (Å²) in [5.74, 6) is 0.299. The Kier molecular flexibility index (Phi) is 6.08. The highest BCUT2D eigenvalue weighted by Gasteiger charge is 2.32. The number of methoxy groups -OCH3 is 1. The van der Waals surface area contributed by atoms with Crippen molar-refractivity contribution in [3.8, 4) is 5.75 Å². The summed E-state index contributed by atoms with van der Waals surface area (Å²) in [5, 5.41) is 2.97. The lowest BCUT2D eigenvalue weighted by Gasteiger charge is -2.27. The summed E-state index contributed by atoms with van der Waals surface area (Å²) in [5.41, 5.74) is 0.317. The average molecular weight is 394 g/mol. The Morgan fingerprint density at radius 2 is 1.89 bits per heavy atom. The first-order chi connectivity index (χ1) is 13.4. The first kappa shape index (κ1) is 20.0. The number of hydrogen-bond donors (Lipinski definition) is 1. The van der Waals surface area contributed by atoms with Crippen LogP contribution < -0.4 is 10.1 Å². The molecule has 0 radical (unpaired) electrons. The van der Waals surface area contributed by atoms with Gasteiger partial charge < -0.3 is 19.7 Å². The maximum atomic E-state index is 13.2. The largest absolute Gasteiger partial charge is 0.495 e. The molecule has 2 aromatic rings. The minimum atomic E-state index is -4.43. The second-order valence-electron chi connectivity index (χ2n) is 6.33. The van der Waals surface area contributed by atoms with E-state index in [-0.39, 0.29) is 18.0 Å². The molecule has 0 aliphatic carbocycles. The fourth-order valence-electron chi connectivity index (χ4n) is 3.07. The lowest BCUT2D eigenvalue weighted by Crippen LogP contribution is -2.40. The summed E-state index contributed by atoms with van der Waals surface area (Å²) in [4.78, 5) is 14.4. The zero-order chi connectivity index (χ0) is 20.1. The SMILES string of the molecule is COc1ccc(C(=O)N2CCOCC2)cc1NCc1ccccc1C(F)(F)F. The molecule has 1 fully saturated rings. The van der Waals surface area contributed by atoms with Gasteiger partial charge >= 0.3 is 6.18 Å².